The predicted molar refractivity (Wildman–Crippen MR) is 61.7 cm³/mol. The van der Waals surface area contributed by atoms with Gasteiger partial charge in [-0.2, -0.15) is 0 Å². The monoisotopic (exact) mass is 226 g/mol. The normalized spacial score (nSPS) is 10.4. The van der Waals surface area contributed by atoms with Gasteiger partial charge in [-0.15, -0.1) is 0 Å². The highest BCUT2D eigenvalue weighted by atomic mass is 35.5. The van der Waals surface area contributed by atoms with Crippen molar-refractivity contribution in [2.24, 2.45) is 5.73 Å². The summed E-state index contributed by atoms with van der Waals surface area (Å²) in [6.07, 6.45) is 0. The van der Waals surface area contributed by atoms with Crippen LogP contribution in [0.1, 0.15) is 19.4 Å². The first-order valence-corrected chi connectivity index (χ1v) is 5.19. The summed E-state index contributed by atoms with van der Waals surface area (Å²) in [5.41, 5.74) is 6.26. The van der Waals surface area contributed by atoms with E-state index in [1.54, 1.807) is 11.0 Å². The zero-order valence-corrected chi connectivity index (χ0v) is 9.66. The van der Waals surface area contributed by atoms with Gasteiger partial charge in [-0.05, 0) is 31.5 Å². The first kappa shape index (κ1) is 11.9. The maximum atomic E-state index is 11.1. The number of hydrogen-bond donors (Lipinski definition) is 1. The summed E-state index contributed by atoms with van der Waals surface area (Å²) in [4.78, 5) is 12.7. The largest absolute Gasteiger partial charge is 0.351 e. The van der Waals surface area contributed by atoms with Crippen molar-refractivity contribution >= 4 is 17.6 Å². The number of carbonyl (C=O) groups excluding carboxylic acids is 1. The molecule has 0 saturated heterocycles. The Bertz CT molecular complexity index is 352. The van der Waals surface area contributed by atoms with Crippen LogP contribution in [0.2, 0.25) is 5.02 Å². The van der Waals surface area contributed by atoms with E-state index in [0.717, 1.165) is 5.56 Å². The van der Waals surface area contributed by atoms with Crippen molar-refractivity contribution in [1.82, 2.24) is 4.90 Å². The van der Waals surface area contributed by atoms with E-state index in [4.69, 9.17) is 17.3 Å². The molecule has 2 amide bonds. The van der Waals surface area contributed by atoms with E-state index in [1.807, 2.05) is 32.0 Å². The van der Waals surface area contributed by atoms with Crippen LogP contribution in [0.4, 0.5) is 4.79 Å². The molecule has 0 fully saturated rings. The number of hydrogen-bond acceptors (Lipinski definition) is 1. The van der Waals surface area contributed by atoms with Crippen LogP contribution in [0.3, 0.4) is 0 Å². The Morgan fingerprint density at radius 1 is 1.53 bits per heavy atom. The lowest BCUT2D eigenvalue weighted by Crippen LogP contribution is -2.40. The van der Waals surface area contributed by atoms with Crippen LogP contribution in [0, 0.1) is 0 Å². The summed E-state index contributed by atoms with van der Waals surface area (Å²) in [5, 5.41) is 0.667. The molecule has 1 rings (SSSR count). The minimum Gasteiger partial charge on any atom is -0.351 e. The fourth-order valence-corrected chi connectivity index (χ4v) is 1.56. The molecule has 2 N–H and O–H groups in total. The number of amides is 2. The number of halogens is 1. The average Bonchev–Trinajstić information content (AvgIpc) is 2.13. The van der Waals surface area contributed by atoms with E-state index in [0.29, 0.717) is 11.6 Å². The molecule has 0 bridgehead atoms. The van der Waals surface area contributed by atoms with E-state index in [9.17, 15) is 4.79 Å². The van der Waals surface area contributed by atoms with Crippen LogP contribution < -0.4 is 5.73 Å². The highest BCUT2D eigenvalue weighted by molar-refractivity contribution is 6.30. The van der Waals surface area contributed by atoms with Crippen LogP contribution in [0.25, 0.3) is 0 Å². The van der Waals surface area contributed by atoms with E-state index < -0.39 is 6.03 Å². The summed E-state index contributed by atoms with van der Waals surface area (Å²) in [7, 11) is 0. The first-order chi connectivity index (χ1) is 7.00. The maximum Gasteiger partial charge on any atom is 0.315 e. The Morgan fingerprint density at radius 3 is 2.67 bits per heavy atom. The number of primary amides is 1. The van der Waals surface area contributed by atoms with Crippen molar-refractivity contribution in [2.75, 3.05) is 0 Å². The highest BCUT2D eigenvalue weighted by Gasteiger charge is 2.13. The number of urea groups is 1. The fraction of sp³-hybridized carbons (Fsp3) is 0.364. The molecule has 0 unspecified atom stereocenters. The Labute approximate surface area is 94.8 Å². The molecule has 0 aliphatic rings. The first-order valence-electron chi connectivity index (χ1n) is 4.81. The average molecular weight is 227 g/mol. The lowest BCUT2D eigenvalue weighted by Gasteiger charge is -2.24. The number of nitrogens with two attached hydrogens (primary N) is 1. The molecule has 0 atom stereocenters. The van der Waals surface area contributed by atoms with Gasteiger partial charge in [0.1, 0.15) is 0 Å². The smallest absolute Gasteiger partial charge is 0.315 e. The van der Waals surface area contributed by atoms with Crippen LogP contribution in [-0.2, 0) is 6.54 Å². The molecule has 15 heavy (non-hydrogen) atoms. The molecule has 0 aliphatic carbocycles. The predicted octanol–water partition coefficient (Wildman–Crippen LogP) is 2.63. The molecule has 0 aliphatic heterocycles. The van der Waals surface area contributed by atoms with Gasteiger partial charge in [0, 0.05) is 17.6 Å². The van der Waals surface area contributed by atoms with Gasteiger partial charge in [-0.1, -0.05) is 23.7 Å². The zero-order valence-electron chi connectivity index (χ0n) is 8.90. The van der Waals surface area contributed by atoms with Crippen LogP contribution >= 0.6 is 11.6 Å². The topological polar surface area (TPSA) is 46.3 Å². The minimum atomic E-state index is -0.412. The summed E-state index contributed by atoms with van der Waals surface area (Å²) in [5.74, 6) is 0. The quantitative estimate of drug-likeness (QED) is 0.846. The summed E-state index contributed by atoms with van der Waals surface area (Å²) in [6, 6.07) is 7.09. The molecule has 0 saturated carbocycles. The standard InChI is InChI=1S/C11H15ClN2O/c1-8(2)14(11(13)15)7-9-4-3-5-10(12)6-9/h3-6,8H,7H2,1-2H3,(H2,13,15). The Morgan fingerprint density at radius 2 is 2.20 bits per heavy atom. The maximum absolute atomic E-state index is 11.1. The molecule has 0 heterocycles. The molecule has 0 radical (unpaired) electrons. The molecule has 4 heteroatoms. The lowest BCUT2D eigenvalue weighted by molar-refractivity contribution is 0.189. The van der Waals surface area contributed by atoms with Gasteiger partial charge in [0.05, 0.1) is 0 Å². The molecular weight excluding hydrogens is 212 g/mol. The lowest BCUT2D eigenvalue weighted by atomic mass is 10.2. The fourth-order valence-electron chi connectivity index (χ4n) is 1.35. The third kappa shape index (κ3) is 3.44. The molecular formula is C11H15ClN2O. The summed E-state index contributed by atoms with van der Waals surface area (Å²) in [6.45, 7) is 4.35. The molecule has 82 valence electrons. The van der Waals surface area contributed by atoms with Gasteiger partial charge < -0.3 is 10.6 Å². The van der Waals surface area contributed by atoms with Gasteiger partial charge in [0.15, 0.2) is 0 Å². The van der Waals surface area contributed by atoms with Crippen LogP contribution in [0.15, 0.2) is 24.3 Å². The Balaban J connectivity index is 2.79. The van der Waals surface area contributed by atoms with Crippen LogP contribution in [0.5, 0.6) is 0 Å². The molecule has 1 aromatic carbocycles. The third-order valence-corrected chi connectivity index (χ3v) is 2.38. The van der Waals surface area contributed by atoms with Gasteiger partial charge in [-0.3, -0.25) is 0 Å². The van der Waals surface area contributed by atoms with E-state index in [1.165, 1.54) is 0 Å². The number of rotatable bonds is 3. The number of carbonyl (C=O) groups is 1. The van der Waals surface area contributed by atoms with Gasteiger partial charge in [0.2, 0.25) is 0 Å². The van der Waals surface area contributed by atoms with E-state index >= 15 is 0 Å². The summed E-state index contributed by atoms with van der Waals surface area (Å²) >= 11 is 5.85. The van der Waals surface area contributed by atoms with Crippen molar-refractivity contribution in [3.8, 4) is 0 Å². The van der Waals surface area contributed by atoms with Gasteiger partial charge in [0.25, 0.3) is 0 Å². The second-order valence-electron chi connectivity index (χ2n) is 3.69. The van der Waals surface area contributed by atoms with Crippen molar-refractivity contribution in [2.45, 2.75) is 26.4 Å². The molecule has 0 aromatic heterocycles. The molecule has 0 spiro atoms. The van der Waals surface area contributed by atoms with E-state index in [2.05, 4.69) is 0 Å². The summed E-state index contributed by atoms with van der Waals surface area (Å²) < 4.78 is 0. The highest BCUT2D eigenvalue weighted by Crippen LogP contribution is 2.13. The number of nitrogens with zero attached hydrogens (tertiary/aromatic N) is 1. The van der Waals surface area contributed by atoms with Crippen molar-refractivity contribution < 1.29 is 4.79 Å². The third-order valence-electron chi connectivity index (χ3n) is 2.15. The Kier molecular flexibility index (Phi) is 3.97. The second kappa shape index (κ2) is 5.03. The van der Waals surface area contributed by atoms with Crippen molar-refractivity contribution in [3.63, 3.8) is 0 Å². The minimum absolute atomic E-state index is 0.0847. The van der Waals surface area contributed by atoms with E-state index in [-0.39, 0.29) is 6.04 Å². The van der Waals surface area contributed by atoms with Crippen LogP contribution in [-0.4, -0.2) is 17.0 Å². The molecule has 1 aromatic rings. The number of benzene rings is 1. The zero-order chi connectivity index (χ0) is 11.4. The Hall–Kier alpha value is -1.22. The SMILES string of the molecule is CC(C)N(Cc1cccc(Cl)c1)C(N)=O. The van der Waals surface area contributed by atoms with Crippen molar-refractivity contribution in [1.29, 1.82) is 0 Å². The molecule has 3 nitrogen and oxygen atoms in total. The van der Waals surface area contributed by atoms with Gasteiger partial charge in [-0.25, -0.2) is 4.79 Å². The van der Waals surface area contributed by atoms with Gasteiger partial charge >= 0.3 is 6.03 Å². The van der Waals surface area contributed by atoms with Crippen molar-refractivity contribution in [3.05, 3.63) is 34.9 Å². The second-order valence-corrected chi connectivity index (χ2v) is 4.13.